The Hall–Kier alpha value is -1.18. The standard InChI is InChI=1S/C19H21BrN2O2S2/c1-13-5-8-21(9-6-13)17(23)7-10-22-18(24)16(26-19(22)25)12-14-3-2-4-15(20)11-14/h2-4,11-13H,5-10H2,1H3. The van der Waals surface area contributed by atoms with Crippen molar-refractivity contribution < 1.29 is 9.59 Å². The van der Waals surface area contributed by atoms with Gasteiger partial charge in [0.05, 0.1) is 4.91 Å². The van der Waals surface area contributed by atoms with Gasteiger partial charge in [-0.05, 0) is 42.5 Å². The van der Waals surface area contributed by atoms with Gasteiger partial charge in [-0.3, -0.25) is 14.5 Å². The van der Waals surface area contributed by atoms with E-state index < -0.39 is 0 Å². The molecule has 1 aromatic carbocycles. The summed E-state index contributed by atoms with van der Waals surface area (Å²) in [4.78, 5) is 29.1. The first-order valence-corrected chi connectivity index (χ1v) is 10.7. The van der Waals surface area contributed by atoms with Crippen molar-refractivity contribution in [3.8, 4) is 0 Å². The number of rotatable bonds is 4. The molecule has 0 aliphatic carbocycles. The Bertz CT molecular complexity index is 758. The average molecular weight is 453 g/mol. The minimum atomic E-state index is -0.111. The largest absolute Gasteiger partial charge is 0.343 e. The molecule has 2 saturated heterocycles. The van der Waals surface area contributed by atoms with Crippen molar-refractivity contribution in [3.05, 3.63) is 39.2 Å². The Kier molecular flexibility index (Phi) is 6.53. The lowest BCUT2D eigenvalue weighted by molar-refractivity contribution is -0.133. The van der Waals surface area contributed by atoms with Crippen LogP contribution in [0.5, 0.6) is 0 Å². The van der Waals surface area contributed by atoms with Crippen molar-refractivity contribution in [2.24, 2.45) is 5.92 Å². The molecule has 0 atom stereocenters. The summed E-state index contributed by atoms with van der Waals surface area (Å²) < 4.78 is 1.49. The van der Waals surface area contributed by atoms with Crippen LogP contribution in [0.1, 0.15) is 31.7 Å². The van der Waals surface area contributed by atoms with E-state index in [9.17, 15) is 9.59 Å². The molecular formula is C19H21BrN2O2S2. The normalized spacial score (nSPS) is 20.3. The third-order valence-corrected chi connectivity index (χ3v) is 6.58. The third kappa shape index (κ3) is 4.75. The number of piperidine rings is 1. The van der Waals surface area contributed by atoms with E-state index in [2.05, 4.69) is 22.9 Å². The lowest BCUT2D eigenvalue weighted by atomic mass is 9.99. The summed E-state index contributed by atoms with van der Waals surface area (Å²) in [6.07, 6.45) is 4.28. The molecule has 2 aliphatic heterocycles. The Balaban J connectivity index is 1.60. The summed E-state index contributed by atoms with van der Waals surface area (Å²) in [5, 5.41) is 0. The van der Waals surface area contributed by atoms with E-state index in [0.717, 1.165) is 36.0 Å². The molecule has 0 radical (unpaired) electrons. The van der Waals surface area contributed by atoms with Gasteiger partial charge in [-0.25, -0.2) is 0 Å². The fourth-order valence-corrected chi connectivity index (χ4v) is 4.79. The van der Waals surface area contributed by atoms with Crippen molar-refractivity contribution in [1.29, 1.82) is 0 Å². The highest BCUT2D eigenvalue weighted by Crippen LogP contribution is 2.33. The van der Waals surface area contributed by atoms with Gasteiger partial charge in [0, 0.05) is 30.5 Å². The number of carbonyl (C=O) groups is 2. The molecule has 26 heavy (non-hydrogen) atoms. The highest BCUT2D eigenvalue weighted by Gasteiger charge is 2.32. The molecule has 2 fully saturated rings. The van der Waals surface area contributed by atoms with Gasteiger partial charge < -0.3 is 4.90 Å². The SMILES string of the molecule is CC1CCN(C(=O)CCN2C(=O)C(=Cc3cccc(Br)c3)SC2=S)CC1. The van der Waals surface area contributed by atoms with Crippen LogP contribution >= 0.6 is 39.9 Å². The molecule has 4 nitrogen and oxygen atoms in total. The van der Waals surface area contributed by atoms with E-state index in [0.29, 0.717) is 28.1 Å². The van der Waals surface area contributed by atoms with Crippen LogP contribution in [0.4, 0.5) is 0 Å². The quantitative estimate of drug-likeness (QED) is 0.504. The van der Waals surface area contributed by atoms with Crippen molar-refractivity contribution in [2.75, 3.05) is 19.6 Å². The first-order valence-electron chi connectivity index (χ1n) is 8.73. The minimum Gasteiger partial charge on any atom is -0.343 e. The molecule has 0 bridgehead atoms. The van der Waals surface area contributed by atoms with E-state index >= 15 is 0 Å². The number of halogens is 1. The van der Waals surface area contributed by atoms with Crippen LogP contribution in [-0.4, -0.2) is 45.6 Å². The molecular weight excluding hydrogens is 432 g/mol. The Morgan fingerprint density at radius 2 is 2.12 bits per heavy atom. The first kappa shape index (κ1) is 19.6. The van der Waals surface area contributed by atoms with Crippen molar-refractivity contribution >= 4 is 62.1 Å². The van der Waals surface area contributed by atoms with E-state index in [1.807, 2.05) is 35.2 Å². The molecule has 0 N–H and O–H groups in total. The van der Waals surface area contributed by atoms with Gasteiger partial charge in [-0.15, -0.1) is 0 Å². The second kappa shape index (κ2) is 8.67. The topological polar surface area (TPSA) is 40.6 Å². The molecule has 1 aromatic rings. The first-order chi connectivity index (χ1) is 12.4. The number of thiocarbonyl (C=S) groups is 1. The van der Waals surface area contributed by atoms with Crippen LogP contribution in [-0.2, 0) is 9.59 Å². The van der Waals surface area contributed by atoms with Gasteiger partial charge >= 0.3 is 0 Å². The zero-order chi connectivity index (χ0) is 18.7. The number of benzene rings is 1. The lowest BCUT2D eigenvalue weighted by Crippen LogP contribution is -2.40. The maximum absolute atomic E-state index is 12.6. The van der Waals surface area contributed by atoms with Crippen LogP contribution < -0.4 is 0 Å². The third-order valence-electron chi connectivity index (χ3n) is 4.71. The molecule has 2 amide bonds. The maximum atomic E-state index is 12.6. The number of hydrogen-bond donors (Lipinski definition) is 0. The van der Waals surface area contributed by atoms with Gasteiger partial charge in [0.15, 0.2) is 0 Å². The number of hydrogen-bond acceptors (Lipinski definition) is 4. The van der Waals surface area contributed by atoms with Gasteiger partial charge in [0.25, 0.3) is 5.91 Å². The number of thioether (sulfide) groups is 1. The zero-order valence-corrected chi connectivity index (χ0v) is 17.8. The molecule has 2 aliphatic rings. The smallest absolute Gasteiger partial charge is 0.266 e. The lowest BCUT2D eigenvalue weighted by Gasteiger charge is -2.30. The Morgan fingerprint density at radius 3 is 2.81 bits per heavy atom. The van der Waals surface area contributed by atoms with Crippen molar-refractivity contribution in [3.63, 3.8) is 0 Å². The molecule has 2 heterocycles. The van der Waals surface area contributed by atoms with Crippen molar-refractivity contribution in [1.82, 2.24) is 9.80 Å². The monoisotopic (exact) mass is 452 g/mol. The average Bonchev–Trinajstić information content (AvgIpc) is 2.87. The van der Waals surface area contributed by atoms with Gasteiger partial charge in [0.2, 0.25) is 5.91 Å². The zero-order valence-electron chi connectivity index (χ0n) is 14.6. The van der Waals surface area contributed by atoms with E-state index in [4.69, 9.17) is 12.2 Å². The van der Waals surface area contributed by atoms with Gasteiger partial charge in [-0.2, -0.15) is 0 Å². The summed E-state index contributed by atoms with van der Waals surface area (Å²) in [7, 11) is 0. The van der Waals surface area contributed by atoms with Gasteiger partial charge in [0.1, 0.15) is 4.32 Å². The Labute approximate surface area is 172 Å². The van der Waals surface area contributed by atoms with E-state index in [1.54, 1.807) is 4.90 Å². The van der Waals surface area contributed by atoms with Crippen molar-refractivity contribution in [2.45, 2.75) is 26.2 Å². The second-order valence-electron chi connectivity index (χ2n) is 6.70. The highest BCUT2D eigenvalue weighted by atomic mass is 79.9. The molecule has 7 heteroatoms. The predicted octanol–water partition coefficient (Wildman–Crippen LogP) is 4.30. The summed E-state index contributed by atoms with van der Waals surface area (Å²) in [5.74, 6) is 0.691. The van der Waals surface area contributed by atoms with Crippen LogP contribution in [0.15, 0.2) is 33.6 Å². The highest BCUT2D eigenvalue weighted by molar-refractivity contribution is 9.10. The maximum Gasteiger partial charge on any atom is 0.266 e. The molecule has 0 spiro atoms. The van der Waals surface area contributed by atoms with Gasteiger partial charge in [-0.1, -0.05) is 59.0 Å². The minimum absolute atomic E-state index is 0.111. The van der Waals surface area contributed by atoms with Crippen LogP contribution in [0.25, 0.3) is 6.08 Å². The van der Waals surface area contributed by atoms with E-state index in [-0.39, 0.29) is 11.8 Å². The summed E-state index contributed by atoms with van der Waals surface area (Å²) in [6, 6.07) is 7.76. The summed E-state index contributed by atoms with van der Waals surface area (Å²) in [5.41, 5.74) is 0.943. The molecule has 0 unspecified atom stereocenters. The number of amides is 2. The number of nitrogens with zero attached hydrogens (tertiary/aromatic N) is 2. The van der Waals surface area contributed by atoms with E-state index in [1.165, 1.54) is 11.8 Å². The molecule has 138 valence electrons. The predicted molar refractivity (Wildman–Crippen MR) is 114 cm³/mol. The molecule has 0 aromatic heterocycles. The number of carbonyl (C=O) groups excluding carboxylic acids is 2. The van der Waals surface area contributed by atoms with Crippen LogP contribution in [0, 0.1) is 5.92 Å². The van der Waals surface area contributed by atoms with Crippen LogP contribution in [0.2, 0.25) is 0 Å². The Morgan fingerprint density at radius 1 is 1.38 bits per heavy atom. The molecule has 0 saturated carbocycles. The molecule has 3 rings (SSSR count). The fraction of sp³-hybridized carbons (Fsp3) is 0.421. The number of likely N-dealkylation sites (tertiary alicyclic amines) is 1. The summed E-state index contributed by atoms with van der Waals surface area (Å²) >= 11 is 10.1. The fourth-order valence-electron chi connectivity index (χ4n) is 3.06. The summed E-state index contributed by atoms with van der Waals surface area (Å²) in [6.45, 7) is 4.22. The second-order valence-corrected chi connectivity index (χ2v) is 9.29. The van der Waals surface area contributed by atoms with Crippen LogP contribution in [0.3, 0.4) is 0 Å².